The van der Waals surface area contributed by atoms with Crippen molar-refractivity contribution in [3.8, 4) is 5.75 Å². The second-order valence-corrected chi connectivity index (χ2v) is 6.53. The highest BCUT2D eigenvalue weighted by Crippen LogP contribution is 2.22. The average molecular weight is 369 g/mol. The van der Waals surface area contributed by atoms with Gasteiger partial charge in [-0.3, -0.25) is 4.79 Å². The number of nitrogens with one attached hydrogen (secondary N) is 2. The zero-order chi connectivity index (χ0) is 15.2. The van der Waals surface area contributed by atoms with Gasteiger partial charge in [-0.25, -0.2) is 4.79 Å². The monoisotopic (exact) mass is 368 g/mol. The van der Waals surface area contributed by atoms with Crippen LogP contribution in [0.25, 0.3) is 0 Å². The fraction of sp³-hybridized carbons (Fsp3) is 0.143. The van der Waals surface area contributed by atoms with Crippen LogP contribution in [-0.2, 0) is 0 Å². The number of amides is 2. The molecule has 5 nitrogen and oxygen atoms in total. The number of halogens is 1. The van der Waals surface area contributed by atoms with Gasteiger partial charge in [0.25, 0.3) is 0 Å². The molecule has 0 saturated heterocycles. The van der Waals surface area contributed by atoms with E-state index >= 15 is 0 Å². The zero-order valence-corrected chi connectivity index (χ0v) is 13.6. The lowest BCUT2D eigenvalue weighted by molar-refractivity contribution is 0.0997. The highest BCUT2D eigenvalue weighted by Gasteiger charge is 2.10. The van der Waals surface area contributed by atoms with E-state index in [1.54, 1.807) is 43.5 Å². The largest absolute Gasteiger partial charge is 0.497 e. The molecule has 0 atom stereocenters. The minimum absolute atomic E-state index is 0.0467. The lowest BCUT2D eigenvalue weighted by Crippen LogP contribution is -2.33. The minimum Gasteiger partial charge on any atom is -0.497 e. The quantitative estimate of drug-likeness (QED) is 0.793. The number of hydrogen-bond acceptors (Lipinski definition) is 4. The topological polar surface area (TPSA) is 67.4 Å². The van der Waals surface area contributed by atoms with E-state index in [0.29, 0.717) is 16.3 Å². The van der Waals surface area contributed by atoms with Gasteiger partial charge < -0.3 is 15.4 Å². The van der Waals surface area contributed by atoms with Gasteiger partial charge in [-0.05, 0) is 52.3 Å². The first kappa shape index (κ1) is 15.5. The number of urea groups is 1. The summed E-state index contributed by atoms with van der Waals surface area (Å²) in [4.78, 5) is 24.1. The predicted octanol–water partition coefficient (Wildman–Crippen LogP) is 3.52. The van der Waals surface area contributed by atoms with Crippen molar-refractivity contribution in [3.63, 3.8) is 0 Å². The lowest BCUT2D eigenvalue weighted by atomic mass is 10.3. The Morgan fingerprint density at radius 1 is 1.19 bits per heavy atom. The number of anilines is 1. The van der Waals surface area contributed by atoms with Gasteiger partial charge in [-0.15, -0.1) is 11.3 Å². The molecule has 0 radical (unpaired) electrons. The number of methoxy groups -OCH3 is 1. The summed E-state index contributed by atoms with van der Waals surface area (Å²) in [6.45, 7) is -0.0467. The van der Waals surface area contributed by atoms with Crippen LogP contribution in [0.2, 0.25) is 0 Å². The van der Waals surface area contributed by atoms with Gasteiger partial charge in [0, 0.05) is 5.69 Å². The summed E-state index contributed by atoms with van der Waals surface area (Å²) in [5.41, 5.74) is 0.625. The predicted molar refractivity (Wildman–Crippen MR) is 86.4 cm³/mol. The molecule has 0 unspecified atom stereocenters. The summed E-state index contributed by atoms with van der Waals surface area (Å²) in [6, 6.07) is 10.0. The zero-order valence-electron chi connectivity index (χ0n) is 11.2. The van der Waals surface area contributed by atoms with Gasteiger partial charge in [0.1, 0.15) is 5.75 Å². The van der Waals surface area contributed by atoms with Crippen molar-refractivity contribution >= 4 is 44.8 Å². The maximum atomic E-state index is 11.8. The standard InChI is InChI=1S/C14H13BrN2O3S/c1-20-10-4-2-9(3-5-10)17-14(19)16-8-11(18)12-6-7-13(15)21-12/h2-7H,8H2,1H3,(H2,16,17,19). The molecule has 110 valence electrons. The summed E-state index contributed by atoms with van der Waals surface area (Å²) < 4.78 is 5.91. The normalized spacial score (nSPS) is 10.0. The van der Waals surface area contributed by atoms with Gasteiger partial charge >= 0.3 is 6.03 Å². The lowest BCUT2D eigenvalue weighted by Gasteiger charge is -2.07. The molecule has 0 bridgehead atoms. The van der Waals surface area contributed by atoms with Gasteiger partial charge in [0.05, 0.1) is 22.3 Å². The minimum atomic E-state index is -0.427. The Morgan fingerprint density at radius 2 is 1.90 bits per heavy atom. The second-order valence-electron chi connectivity index (χ2n) is 4.06. The third-order valence-corrected chi connectivity index (χ3v) is 4.27. The van der Waals surface area contributed by atoms with Crippen LogP contribution in [0.3, 0.4) is 0 Å². The molecule has 1 heterocycles. The van der Waals surface area contributed by atoms with E-state index in [1.165, 1.54) is 11.3 Å². The van der Waals surface area contributed by atoms with Crippen LogP contribution in [0, 0.1) is 0 Å². The summed E-state index contributed by atoms with van der Waals surface area (Å²) in [7, 11) is 1.57. The Balaban J connectivity index is 1.82. The molecule has 0 saturated carbocycles. The molecule has 1 aromatic carbocycles. The van der Waals surface area contributed by atoms with Crippen molar-refractivity contribution in [1.29, 1.82) is 0 Å². The maximum absolute atomic E-state index is 11.8. The molecule has 0 fully saturated rings. The van der Waals surface area contributed by atoms with Crippen LogP contribution in [0.5, 0.6) is 5.75 Å². The molecule has 2 aromatic rings. The molecular formula is C14H13BrN2O3S. The van der Waals surface area contributed by atoms with Crippen molar-refractivity contribution in [2.45, 2.75) is 0 Å². The summed E-state index contributed by atoms with van der Waals surface area (Å²) in [5.74, 6) is 0.579. The average Bonchev–Trinajstić information content (AvgIpc) is 2.92. The number of hydrogen-bond donors (Lipinski definition) is 2. The Kier molecular flexibility index (Phi) is 5.35. The van der Waals surface area contributed by atoms with E-state index in [4.69, 9.17) is 4.74 Å². The van der Waals surface area contributed by atoms with Gasteiger partial charge in [-0.1, -0.05) is 0 Å². The summed E-state index contributed by atoms with van der Waals surface area (Å²) in [6.07, 6.45) is 0. The van der Waals surface area contributed by atoms with Crippen LogP contribution >= 0.6 is 27.3 Å². The van der Waals surface area contributed by atoms with Crippen LogP contribution in [0.4, 0.5) is 10.5 Å². The molecule has 1 aromatic heterocycles. The second kappa shape index (κ2) is 7.24. The molecule has 2 rings (SSSR count). The molecule has 21 heavy (non-hydrogen) atoms. The SMILES string of the molecule is COc1ccc(NC(=O)NCC(=O)c2ccc(Br)s2)cc1. The number of thiophene rings is 1. The molecule has 0 aliphatic heterocycles. The van der Waals surface area contributed by atoms with E-state index in [9.17, 15) is 9.59 Å². The first-order valence-electron chi connectivity index (χ1n) is 6.06. The fourth-order valence-corrected chi connectivity index (χ4v) is 2.89. The molecule has 2 amide bonds. The molecule has 0 aliphatic carbocycles. The Bertz CT molecular complexity index is 640. The van der Waals surface area contributed by atoms with E-state index in [-0.39, 0.29) is 12.3 Å². The number of carbonyl (C=O) groups excluding carboxylic acids is 2. The number of ketones is 1. The smallest absolute Gasteiger partial charge is 0.319 e. The number of Topliss-reactive ketones (excluding diaryl/α,β-unsaturated/α-hetero) is 1. The molecule has 7 heteroatoms. The van der Waals surface area contributed by atoms with E-state index in [2.05, 4.69) is 26.6 Å². The number of carbonyl (C=O) groups is 2. The first-order valence-corrected chi connectivity index (χ1v) is 7.67. The van der Waals surface area contributed by atoms with Gasteiger partial charge in [0.15, 0.2) is 5.78 Å². The maximum Gasteiger partial charge on any atom is 0.319 e. The summed E-state index contributed by atoms with van der Waals surface area (Å²) >= 11 is 4.63. The van der Waals surface area contributed by atoms with Crippen molar-refractivity contribution < 1.29 is 14.3 Å². The van der Waals surface area contributed by atoms with Crippen molar-refractivity contribution in [2.24, 2.45) is 0 Å². The number of ether oxygens (including phenoxy) is 1. The van der Waals surface area contributed by atoms with E-state index < -0.39 is 6.03 Å². The Morgan fingerprint density at radius 3 is 2.48 bits per heavy atom. The van der Waals surface area contributed by atoms with E-state index in [0.717, 1.165) is 3.79 Å². The van der Waals surface area contributed by atoms with Crippen LogP contribution < -0.4 is 15.4 Å². The Labute approximate surface area is 134 Å². The number of benzene rings is 1. The molecule has 0 aliphatic rings. The highest BCUT2D eigenvalue weighted by molar-refractivity contribution is 9.11. The molecule has 2 N–H and O–H groups in total. The highest BCUT2D eigenvalue weighted by atomic mass is 79.9. The van der Waals surface area contributed by atoms with Crippen LogP contribution in [0.1, 0.15) is 9.67 Å². The van der Waals surface area contributed by atoms with Gasteiger partial charge in [-0.2, -0.15) is 0 Å². The third kappa shape index (κ3) is 4.57. The van der Waals surface area contributed by atoms with E-state index in [1.807, 2.05) is 0 Å². The van der Waals surface area contributed by atoms with Gasteiger partial charge in [0.2, 0.25) is 0 Å². The molecular weight excluding hydrogens is 356 g/mol. The van der Waals surface area contributed by atoms with Crippen molar-refractivity contribution in [3.05, 3.63) is 45.1 Å². The third-order valence-electron chi connectivity index (χ3n) is 2.61. The Hall–Kier alpha value is -1.86. The first-order chi connectivity index (χ1) is 10.1. The van der Waals surface area contributed by atoms with Crippen LogP contribution in [-0.4, -0.2) is 25.5 Å². The van der Waals surface area contributed by atoms with Crippen molar-refractivity contribution in [2.75, 3.05) is 19.0 Å². The van der Waals surface area contributed by atoms with Crippen molar-refractivity contribution in [1.82, 2.24) is 5.32 Å². The molecule has 0 spiro atoms. The number of rotatable bonds is 5. The van der Waals surface area contributed by atoms with Crippen LogP contribution in [0.15, 0.2) is 40.2 Å². The summed E-state index contributed by atoms with van der Waals surface area (Å²) in [5, 5.41) is 5.17. The fourth-order valence-electron chi connectivity index (χ4n) is 1.56.